The molecule has 1 unspecified atom stereocenters. The smallest absolute Gasteiger partial charge is 0.367 e. The number of carbonyl (C=O) groups is 1. The van der Waals surface area contributed by atoms with Crippen LogP contribution in [0.1, 0.15) is 19.8 Å². The number of hydrogen-bond donors (Lipinski definition) is 2. The number of hydrogen-bond acceptors (Lipinski definition) is 3. The Bertz CT molecular complexity index is 240. The van der Waals surface area contributed by atoms with Gasteiger partial charge in [-0.05, 0) is 13.1 Å². The van der Waals surface area contributed by atoms with Crippen LogP contribution in [0.15, 0.2) is 11.9 Å². The molecule has 0 aliphatic rings. The number of ether oxygens (including phenoxy) is 1. The van der Waals surface area contributed by atoms with Crippen molar-refractivity contribution in [1.82, 2.24) is 5.32 Å². The quantitative estimate of drug-likeness (QED) is 0.619. The number of esters is 1. The molecule has 0 aliphatic heterocycles. The molecule has 0 aliphatic carbocycles. The maximum Gasteiger partial charge on any atom is 0.367 e. The lowest BCUT2D eigenvalue weighted by Gasteiger charge is -2.16. The fourth-order valence-electron chi connectivity index (χ4n) is 1.06. The van der Waals surface area contributed by atoms with Gasteiger partial charge in [-0.2, -0.15) is 0 Å². The van der Waals surface area contributed by atoms with Crippen LogP contribution in [0.5, 0.6) is 0 Å². The van der Waals surface area contributed by atoms with E-state index in [1.807, 2.05) is 0 Å². The molecule has 5 heteroatoms. The predicted octanol–water partition coefficient (Wildman–Crippen LogP) is 0.0130. The summed E-state index contributed by atoms with van der Waals surface area (Å²) in [6.45, 7) is 2.13. The van der Waals surface area contributed by atoms with Crippen LogP contribution in [0.2, 0.25) is 0 Å². The second-order valence-corrected chi connectivity index (χ2v) is 3.76. The lowest BCUT2D eigenvalue weighted by molar-refractivity contribution is -0.458. The van der Waals surface area contributed by atoms with Crippen LogP contribution in [0.25, 0.3) is 0 Å². The molecule has 0 amide bonds. The van der Waals surface area contributed by atoms with Gasteiger partial charge >= 0.3 is 5.97 Å². The second-order valence-electron chi connectivity index (χ2n) is 3.76. The number of methoxy groups -OCH3 is 1. The minimum atomic E-state index is -0.875. The average molecular weight is 219 g/mol. The highest BCUT2D eigenvalue weighted by molar-refractivity contribution is 5.78. The molecule has 0 aromatic rings. The Hall–Kier alpha value is -0.940. The van der Waals surface area contributed by atoms with Crippen LogP contribution >= 0.6 is 0 Å². The average Bonchev–Trinajstić information content (AvgIpc) is 2.22. The van der Waals surface area contributed by atoms with Crippen LogP contribution in [-0.4, -0.2) is 32.2 Å². The van der Waals surface area contributed by atoms with Gasteiger partial charge in [0.2, 0.25) is 0 Å². The lowest BCUT2D eigenvalue weighted by Crippen LogP contribution is -2.75. The van der Waals surface area contributed by atoms with Gasteiger partial charge in [-0.3, -0.25) is 0 Å². The predicted molar refractivity (Wildman–Crippen MR) is 55.7 cm³/mol. The SMILES string of the molecule is CNCC=C(F)CCC(C)([NH3+])C(=O)OC. The van der Waals surface area contributed by atoms with Crippen molar-refractivity contribution in [2.45, 2.75) is 25.3 Å². The monoisotopic (exact) mass is 219 g/mol. The first kappa shape index (κ1) is 14.1. The molecule has 0 radical (unpaired) electrons. The van der Waals surface area contributed by atoms with Gasteiger partial charge in [-0.25, -0.2) is 9.18 Å². The normalized spacial score (nSPS) is 15.9. The summed E-state index contributed by atoms with van der Waals surface area (Å²) in [6, 6.07) is 0. The molecule has 0 saturated heterocycles. The van der Waals surface area contributed by atoms with Gasteiger partial charge in [-0.1, -0.05) is 0 Å². The zero-order valence-electron chi connectivity index (χ0n) is 9.60. The fourth-order valence-corrected chi connectivity index (χ4v) is 1.06. The Kier molecular flexibility index (Phi) is 6.12. The second kappa shape index (κ2) is 6.53. The number of carbonyl (C=O) groups excluding carboxylic acids is 1. The Morgan fingerprint density at radius 1 is 1.67 bits per heavy atom. The van der Waals surface area contributed by atoms with E-state index in [0.717, 1.165) is 0 Å². The van der Waals surface area contributed by atoms with Crippen molar-refractivity contribution < 1.29 is 19.7 Å². The van der Waals surface area contributed by atoms with E-state index in [9.17, 15) is 9.18 Å². The van der Waals surface area contributed by atoms with Gasteiger partial charge in [0.1, 0.15) is 0 Å². The minimum Gasteiger partial charge on any atom is -0.464 e. The van der Waals surface area contributed by atoms with Gasteiger partial charge in [-0.15, -0.1) is 0 Å². The standard InChI is InChI=1S/C10H19FN2O2/c1-10(12,9(14)15-3)6-4-8(11)5-7-13-2/h5,13H,4,6-7,12H2,1-3H3/p+1. The Morgan fingerprint density at radius 2 is 2.27 bits per heavy atom. The number of quaternary nitrogens is 1. The van der Waals surface area contributed by atoms with E-state index in [-0.39, 0.29) is 12.2 Å². The molecule has 0 bridgehead atoms. The highest BCUT2D eigenvalue weighted by atomic mass is 19.1. The zero-order valence-corrected chi connectivity index (χ0v) is 9.60. The maximum atomic E-state index is 13.1. The third-order valence-corrected chi connectivity index (χ3v) is 2.12. The van der Waals surface area contributed by atoms with Crippen molar-refractivity contribution in [3.8, 4) is 0 Å². The van der Waals surface area contributed by atoms with E-state index in [1.165, 1.54) is 13.2 Å². The Balaban J connectivity index is 4.08. The molecule has 0 aromatic heterocycles. The van der Waals surface area contributed by atoms with Crippen molar-refractivity contribution in [2.24, 2.45) is 0 Å². The summed E-state index contributed by atoms with van der Waals surface area (Å²) in [4.78, 5) is 11.2. The van der Waals surface area contributed by atoms with E-state index in [4.69, 9.17) is 0 Å². The van der Waals surface area contributed by atoms with E-state index in [1.54, 1.807) is 14.0 Å². The molecule has 0 aromatic carbocycles. The van der Waals surface area contributed by atoms with Crippen molar-refractivity contribution in [1.29, 1.82) is 0 Å². The molecule has 0 saturated carbocycles. The van der Waals surface area contributed by atoms with Crippen LogP contribution in [-0.2, 0) is 9.53 Å². The molecule has 1 atom stereocenters. The third kappa shape index (κ3) is 5.49. The number of halogens is 1. The summed E-state index contributed by atoms with van der Waals surface area (Å²) in [5.41, 5.74) is 2.83. The molecule has 4 nitrogen and oxygen atoms in total. The van der Waals surface area contributed by atoms with Crippen molar-refractivity contribution in [3.63, 3.8) is 0 Å². The largest absolute Gasteiger partial charge is 0.464 e. The summed E-state index contributed by atoms with van der Waals surface area (Å²) in [7, 11) is 3.04. The van der Waals surface area contributed by atoms with Gasteiger partial charge in [0.25, 0.3) is 0 Å². The van der Waals surface area contributed by atoms with E-state index >= 15 is 0 Å². The first-order chi connectivity index (χ1) is 6.94. The van der Waals surface area contributed by atoms with E-state index < -0.39 is 11.5 Å². The number of rotatable bonds is 6. The third-order valence-electron chi connectivity index (χ3n) is 2.12. The first-order valence-electron chi connectivity index (χ1n) is 4.87. The summed E-state index contributed by atoms with van der Waals surface area (Å²) < 4.78 is 17.7. The first-order valence-corrected chi connectivity index (χ1v) is 4.87. The highest BCUT2D eigenvalue weighted by Gasteiger charge is 2.33. The van der Waals surface area contributed by atoms with Crippen LogP contribution in [0.4, 0.5) is 4.39 Å². The van der Waals surface area contributed by atoms with Crippen LogP contribution < -0.4 is 11.1 Å². The van der Waals surface area contributed by atoms with E-state index in [0.29, 0.717) is 13.0 Å². The topological polar surface area (TPSA) is 66.0 Å². The number of nitrogens with one attached hydrogen (secondary N) is 1. The minimum absolute atomic E-state index is 0.205. The number of allylic oxidation sites excluding steroid dienone is 1. The van der Waals surface area contributed by atoms with E-state index in [2.05, 4.69) is 15.8 Å². The fraction of sp³-hybridized carbons (Fsp3) is 0.700. The van der Waals surface area contributed by atoms with Crippen molar-refractivity contribution in [2.75, 3.05) is 20.7 Å². The maximum absolute atomic E-state index is 13.1. The molecule has 0 heterocycles. The molecule has 88 valence electrons. The summed E-state index contributed by atoms with van der Waals surface area (Å²) in [5.74, 6) is -0.646. The molecular formula is C10H20FN2O2+. The molecule has 4 N–H and O–H groups in total. The van der Waals surface area contributed by atoms with Crippen LogP contribution in [0, 0.1) is 0 Å². The number of likely N-dealkylation sites (N-methyl/N-ethyl adjacent to an activating group) is 1. The van der Waals surface area contributed by atoms with Gasteiger partial charge in [0.15, 0.2) is 5.54 Å². The molecule has 0 rings (SSSR count). The van der Waals surface area contributed by atoms with Gasteiger partial charge < -0.3 is 15.8 Å². The Labute approximate surface area is 89.7 Å². The highest BCUT2D eigenvalue weighted by Crippen LogP contribution is 2.14. The molecule has 0 spiro atoms. The Morgan fingerprint density at radius 3 is 2.73 bits per heavy atom. The summed E-state index contributed by atoms with van der Waals surface area (Å²) in [6.07, 6.45) is 2.00. The lowest BCUT2D eigenvalue weighted by atomic mass is 9.97. The van der Waals surface area contributed by atoms with Crippen molar-refractivity contribution >= 4 is 5.97 Å². The van der Waals surface area contributed by atoms with Crippen LogP contribution in [0.3, 0.4) is 0 Å². The molecular weight excluding hydrogens is 199 g/mol. The molecule has 15 heavy (non-hydrogen) atoms. The summed E-state index contributed by atoms with van der Waals surface area (Å²) >= 11 is 0. The van der Waals surface area contributed by atoms with Crippen molar-refractivity contribution in [3.05, 3.63) is 11.9 Å². The summed E-state index contributed by atoms with van der Waals surface area (Å²) in [5, 5.41) is 2.81. The zero-order chi connectivity index (χ0) is 11.9. The van der Waals surface area contributed by atoms with Gasteiger partial charge in [0.05, 0.1) is 12.9 Å². The molecule has 0 fully saturated rings. The van der Waals surface area contributed by atoms with Gasteiger partial charge in [0, 0.05) is 26.3 Å².